The van der Waals surface area contributed by atoms with Gasteiger partial charge in [0.05, 0.1) is 22.9 Å². The first-order valence-electron chi connectivity index (χ1n) is 9.35. The molecule has 3 heterocycles. The summed E-state index contributed by atoms with van der Waals surface area (Å²) in [6.45, 7) is -0.724. The number of piperidine rings is 1. The predicted molar refractivity (Wildman–Crippen MR) is 107 cm³/mol. The zero-order chi connectivity index (χ0) is 25.5. The SMILES string of the molecule is O=C(O)c1cc2c(=O)n(S(=O)(=O)CC3CCN(S(=O)(=O)NC(=O)C(F)(F)F)CC3)cnc2cn1. The van der Waals surface area contributed by atoms with Crippen molar-refractivity contribution in [1.29, 1.82) is 0 Å². The number of aromatic nitrogens is 3. The fraction of sp³-hybridized carbons (Fsp3) is 0.438. The Bertz CT molecular complexity index is 1410. The Morgan fingerprint density at radius 2 is 1.76 bits per heavy atom. The Hall–Kier alpha value is -3.12. The summed E-state index contributed by atoms with van der Waals surface area (Å²) in [6, 6.07) is 0.887. The molecule has 2 aromatic heterocycles. The fourth-order valence-corrected chi connectivity index (χ4v) is 6.06. The molecule has 0 saturated carbocycles. The number of nitrogens with zero attached hydrogens (tertiary/aromatic N) is 4. The molecule has 0 aliphatic carbocycles. The Morgan fingerprint density at radius 3 is 2.32 bits per heavy atom. The molecule has 0 bridgehead atoms. The van der Waals surface area contributed by atoms with Gasteiger partial charge in [-0.1, -0.05) is 0 Å². The minimum Gasteiger partial charge on any atom is -0.477 e. The summed E-state index contributed by atoms with van der Waals surface area (Å²) in [6.07, 6.45) is -3.81. The van der Waals surface area contributed by atoms with Crippen LogP contribution in [-0.2, 0) is 25.0 Å². The molecule has 34 heavy (non-hydrogen) atoms. The highest BCUT2D eigenvalue weighted by molar-refractivity contribution is 7.89. The van der Waals surface area contributed by atoms with Crippen molar-refractivity contribution in [2.75, 3.05) is 18.8 Å². The molecular formula is C16H16F3N5O8S2. The molecule has 0 spiro atoms. The lowest BCUT2D eigenvalue weighted by molar-refractivity contribution is -0.171. The van der Waals surface area contributed by atoms with Crippen molar-refractivity contribution >= 4 is 43.0 Å². The van der Waals surface area contributed by atoms with E-state index in [2.05, 4.69) is 9.97 Å². The molecule has 1 aliphatic rings. The van der Waals surface area contributed by atoms with Gasteiger partial charge in [0.25, 0.3) is 5.56 Å². The van der Waals surface area contributed by atoms with E-state index in [0.717, 1.165) is 23.3 Å². The van der Waals surface area contributed by atoms with Crippen LogP contribution in [0.2, 0.25) is 0 Å². The van der Waals surface area contributed by atoms with Gasteiger partial charge in [-0.05, 0) is 24.8 Å². The summed E-state index contributed by atoms with van der Waals surface area (Å²) in [5.41, 5.74) is -1.57. The topological polar surface area (TPSA) is 186 Å². The summed E-state index contributed by atoms with van der Waals surface area (Å²) < 4.78 is 88.3. The lowest BCUT2D eigenvalue weighted by atomic mass is 10.0. The number of hydrogen-bond donors (Lipinski definition) is 2. The number of alkyl halides is 3. The van der Waals surface area contributed by atoms with Gasteiger partial charge >= 0.3 is 28.3 Å². The number of fused-ring (bicyclic) bond motifs is 1. The molecule has 0 unspecified atom stereocenters. The number of carbonyl (C=O) groups excluding carboxylic acids is 1. The third-order valence-corrected chi connectivity index (χ3v) is 8.21. The van der Waals surface area contributed by atoms with Crippen LogP contribution in [0.15, 0.2) is 23.4 Å². The average Bonchev–Trinajstić information content (AvgIpc) is 2.72. The quantitative estimate of drug-likeness (QED) is 0.487. The van der Waals surface area contributed by atoms with Gasteiger partial charge in [0.2, 0.25) is 10.0 Å². The number of carbonyl (C=O) groups is 2. The van der Waals surface area contributed by atoms with Crippen LogP contribution < -0.4 is 10.3 Å². The molecule has 186 valence electrons. The van der Waals surface area contributed by atoms with Crippen LogP contribution in [0.5, 0.6) is 0 Å². The number of amides is 1. The van der Waals surface area contributed by atoms with Crippen molar-refractivity contribution in [2.45, 2.75) is 19.0 Å². The molecule has 2 aromatic rings. The largest absolute Gasteiger partial charge is 0.477 e. The van der Waals surface area contributed by atoms with Gasteiger partial charge < -0.3 is 5.11 Å². The van der Waals surface area contributed by atoms with Gasteiger partial charge in [0.15, 0.2) is 0 Å². The maximum atomic E-state index is 12.8. The lowest BCUT2D eigenvalue weighted by Crippen LogP contribution is -2.50. The van der Waals surface area contributed by atoms with Crippen molar-refractivity contribution in [3.8, 4) is 0 Å². The highest BCUT2D eigenvalue weighted by Crippen LogP contribution is 2.22. The van der Waals surface area contributed by atoms with E-state index in [-0.39, 0.29) is 36.8 Å². The smallest absolute Gasteiger partial charge is 0.472 e. The van der Waals surface area contributed by atoms with Crippen molar-refractivity contribution in [3.05, 3.63) is 34.6 Å². The fourth-order valence-electron chi connectivity index (χ4n) is 3.26. The van der Waals surface area contributed by atoms with E-state index in [1.54, 1.807) is 0 Å². The molecule has 3 rings (SSSR count). The standard InChI is InChI=1S/C16H16F3N5O8S2/c17-16(18,19)15(28)22-34(31,32)23-3-1-9(2-4-23)7-33(29,30)24-8-21-12-6-20-11(14(26)27)5-10(12)13(24)25/h5-6,8-9H,1-4,7H2,(H,22,28)(H,26,27). The summed E-state index contributed by atoms with van der Waals surface area (Å²) in [5.74, 6) is -5.36. The molecule has 0 atom stereocenters. The third-order valence-electron chi connectivity index (χ3n) is 4.97. The van der Waals surface area contributed by atoms with Crippen LogP contribution in [0.3, 0.4) is 0 Å². The molecular weight excluding hydrogens is 511 g/mol. The third kappa shape index (κ3) is 5.33. The van der Waals surface area contributed by atoms with Crippen LogP contribution in [0.1, 0.15) is 23.3 Å². The second-order valence-electron chi connectivity index (χ2n) is 7.29. The molecule has 1 saturated heterocycles. The van der Waals surface area contributed by atoms with Gasteiger partial charge in [-0.15, -0.1) is 0 Å². The first-order chi connectivity index (χ1) is 15.6. The maximum Gasteiger partial charge on any atom is 0.472 e. The Balaban J connectivity index is 1.74. The normalized spacial score (nSPS) is 16.4. The maximum absolute atomic E-state index is 12.8. The van der Waals surface area contributed by atoms with Crippen LogP contribution in [0.4, 0.5) is 13.2 Å². The number of pyridine rings is 1. The summed E-state index contributed by atoms with van der Waals surface area (Å²) in [7, 11) is -9.10. The molecule has 2 N–H and O–H groups in total. The summed E-state index contributed by atoms with van der Waals surface area (Å²) in [5, 5.41) is 8.72. The van der Waals surface area contributed by atoms with Crippen molar-refractivity contribution in [3.63, 3.8) is 0 Å². The number of nitrogens with one attached hydrogen (secondary N) is 1. The van der Waals surface area contributed by atoms with Crippen molar-refractivity contribution in [1.82, 2.24) is 23.0 Å². The van der Waals surface area contributed by atoms with Gasteiger partial charge in [0, 0.05) is 13.1 Å². The Morgan fingerprint density at radius 1 is 1.15 bits per heavy atom. The van der Waals surface area contributed by atoms with E-state index in [0.29, 0.717) is 8.28 Å². The van der Waals surface area contributed by atoms with Gasteiger partial charge in [-0.3, -0.25) is 9.59 Å². The van der Waals surface area contributed by atoms with E-state index in [4.69, 9.17) is 5.11 Å². The highest BCUT2D eigenvalue weighted by Gasteiger charge is 2.43. The van der Waals surface area contributed by atoms with E-state index in [1.165, 1.54) is 0 Å². The number of rotatable bonds is 6. The van der Waals surface area contributed by atoms with Crippen LogP contribution in [0.25, 0.3) is 10.9 Å². The molecule has 0 aromatic carbocycles. The van der Waals surface area contributed by atoms with Crippen LogP contribution in [0, 0.1) is 5.92 Å². The monoisotopic (exact) mass is 527 g/mol. The first kappa shape index (κ1) is 25.5. The first-order valence-corrected chi connectivity index (χ1v) is 12.4. The number of carboxylic acids is 1. The molecule has 1 aliphatic heterocycles. The number of carboxylic acid groups (broad SMARTS) is 1. The van der Waals surface area contributed by atoms with Gasteiger partial charge in [-0.25, -0.2) is 27.9 Å². The molecule has 13 nitrogen and oxygen atoms in total. The number of hydrogen-bond acceptors (Lipinski definition) is 9. The van der Waals surface area contributed by atoms with Crippen molar-refractivity contribution in [2.24, 2.45) is 5.92 Å². The number of aromatic carboxylic acids is 1. The zero-order valence-corrected chi connectivity index (χ0v) is 18.5. The van der Waals surface area contributed by atoms with E-state index < -0.39 is 61.2 Å². The average molecular weight is 527 g/mol. The van der Waals surface area contributed by atoms with E-state index >= 15 is 0 Å². The molecule has 1 fully saturated rings. The zero-order valence-electron chi connectivity index (χ0n) is 16.9. The van der Waals surface area contributed by atoms with Gasteiger partial charge in [-0.2, -0.15) is 29.9 Å². The second-order valence-corrected chi connectivity index (χ2v) is 10.9. The molecule has 0 radical (unpaired) electrons. The number of halogens is 3. The minimum atomic E-state index is -5.40. The summed E-state index contributed by atoms with van der Waals surface area (Å²) >= 11 is 0. The molecule has 18 heteroatoms. The van der Waals surface area contributed by atoms with Crippen LogP contribution in [-0.4, -0.2) is 77.1 Å². The van der Waals surface area contributed by atoms with Crippen LogP contribution >= 0.6 is 0 Å². The Labute approximate surface area is 189 Å². The van der Waals surface area contributed by atoms with Gasteiger partial charge in [0.1, 0.15) is 12.0 Å². The highest BCUT2D eigenvalue weighted by atomic mass is 32.2. The van der Waals surface area contributed by atoms with E-state index in [9.17, 15) is 44.4 Å². The predicted octanol–water partition coefficient (Wildman–Crippen LogP) is -0.697. The molecule has 1 amide bonds. The van der Waals surface area contributed by atoms with E-state index in [1.807, 2.05) is 0 Å². The summed E-state index contributed by atoms with van der Waals surface area (Å²) in [4.78, 5) is 42.0. The second kappa shape index (κ2) is 8.91. The Kier molecular flexibility index (Phi) is 6.68. The minimum absolute atomic E-state index is 0.0270. The van der Waals surface area contributed by atoms with Crippen molar-refractivity contribution < 1.29 is 44.7 Å². The lowest BCUT2D eigenvalue weighted by Gasteiger charge is -2.30.